The maximum absolute atomic E-state index is 4.86. The second-order valence-corrected chi connectivity index (χ2v) is 6.37. The summed E-state index contributed by atoms with van der Waals surface area (Å²) in [5.74, 6) is 1.02. The van der Waals surface area contributed by atoms with E-state index in [0.717, 1.165) is 51.5 Å². The predicted octanol–water partition coefficient (Wildman–Crippen LogP) is 1.88. The summed E-state index contributed by atoms with van der Waals surface area (Å²) in [5, 5.41) is 3.41. The normalized spacial score (nSPS) is 18.7. The van der Waals surface area contributed by atoms with E-state index in [-0.39, 0.29) is 0 Å². The highest BCUT2D eigenvalue weighted by atomic mass is 15.3. The molecular weight excluding hydrogens is 286 g/mol. The van der Waals surface area contributed by atoms with Crippen molar-refractivity contribution in [3.63, 3.8) is 0 Å². The van der Waals surface area contributed by atoms with Crippen molar-refractivity contribution in [1.29, 1.82) is 0 Å². The molecule has 0 radical (unpaired) electrons. The molecule has 1 aliphatic heterocycles. The van der Waals surface area contributed by atoms with Crippen LogP contribution in [0, 0.1) is 0 Å². The molecule has 0 aliphatic carbocycles. The van der Waals surface area contributed by atoms with Crippen LogP contribution < -0.4 is 5.32 Å². The Morgan fingerprint density at radius 3 is 2.57 bits per heavy atom. The molecule has 0 aromatic heterocycles. The second-order valence-electron chi connectivity index (χ2n) is 6.37. The van der Waals surface area contributed by atoms with Crippen LogP contribution in [-0.2, 0) is 0 Å². The molecule has 0 spiro atoms. The van der Waals surface area contributed by atoms with Crippen LogP contribution in [-0.4, -0.2) is 86.1 Å². The van der Waals surface area contributed by atoms with E-state index in [2.05, 4.69) is 54.4 Å². The zero-order chi connectivity index (χ0) is 17.1. The van der Waals surface area contributed by atoms with Gasteiger partial charge in [-0.15, -0.1) is 6.58 Å². The van der Waals surface area contributed by atoms with E-state index in [9.17, 15) is 0 Å². The number of nitrogens with one attached hydrogen (secondary N) is 1. The summed E-state index contributed by atoms with van der Waals surface area (Å²) in [4.78, 5) is 12.2. The Labute approximate surface area is 143 Å². The number of guanidine groups is 1. The van der Waals surface area contributed by atoms with Crippen molar-refractivity contribution in [2.45, 2.75) is 39.7 Å². The van der Waals surface area contributed by atoms with Crippen molar-refractivity contribution >= 4 is 5.96 Å². The van der Waals surface area contributed by atoms with Gasteiger partial charge < -0.3 is 15.1 Å². The second kappa shape index (κ2) is 11.5. The zero-order valence-corrected chi connectivity index (χ0v) is 15.7. The highest BCUT2D eigenvalue weighted by Gasteiger charge is 2.20. The number of aliphatic imine (C=N–C) groups is 1. The molecule has 1 heterocycles. The molecular formula is C18H37N5. The van der Waals surface area contributed by atoms with Gasteiger partial charge in [-0.1, -0.05) is 13.0 Å². The van der Waals surface area contributed by atoms with E-state index >= 15 is 0 Å². The lowest BCUT2D eigenvalue weighted by Crippen LogP contribution is -2.50. The molecule has 1 fully saturated rings. The van der Waals surface area contributed by atoms with Gasteiger partial charge in [0.15, 0.2) is 5.96 Å². The first-order valence-electron chi connectivity index (χ1n) is 9.19. The smallest absolute Gasteiger partial charge is 0.193 e. The van der Waals surface area contributed by atoms with Crippen molar-refractivity contribution < 1.29 is 0 Å². The number of hydrogen-bond acceptors (Lipinski definition) is 3. The summed E-state index contributed by atoms with van der Waals surface area (Å²) in [6.45, 7) is 19.1. The molecule has 5 heteroatoms. The minimum absolute atomic E-state index is 0.504. The monoisotopic (exact) mass is 323 g/mol. The van der Waals surface area contributed by atoms with E-state index in [0.29, 0.717) is 6.04 Å². The van der Waals surface area contributed by atoms with E-state index < -0.39 is 0 Å². The number of rotatable bonds is 9. The van der Waals surface area contributed by atoms with Crippen LogP contribution in [0.3, 0.4) is 0 Å². The standard InChI is InChI=1S/C18H37N5/c1-6-9-10-11-21(5)18(19-7-2)20-16-17(4)23-14-12-22(8-3)13-15-23/h6,17H,1,7-16H2,2-5H3,(H,19,20). The first-order valence-corrected chi connectivity index (χ1v) is 9.19. The quantitative estimate of drug-likeness (QED) is 0.304. The van der Waals surface area contributed by atoms with Crippen LogP contribution in [0.5, 0.6) is 0 Å². The summed E-state index contributed by atoms with van der Waals surface area (Å²) < 4.78 is 0. The number of allylic oxidation sites excluding steroid dienone is 1. The lowest BCUT2D eigenvalue weighted by molar-refractivity contribution is 0.109. The predicted molar refractivity (Wildman–Crippen MR) is 101 cm³/mol. The van der Waals surface area contributed by atoms with Crippen molar-refractivity contribution in [3.8, 4) is 0 Å². The van der Waals surface area contributed by atoms with Crippen LogP contribution in [0.15, 0.2) is 17.6 Å². The molecule has 134 valence electrons. The Hall–Kier alpha value is -1.07. The summed E-state index contributed by atoms with van der Waals surface area (Å²) in [5.41, 5.74) is 0. The fraction of sp³-hybridized carbons (Fsp3) is 0.833. The Morgan fingerprint density at radius 1 is 1.30 bits per heavy atom. The highest BCUT2D eigenvalue weighted by molar-refractivity contribution is 5.79. The summed E-state index contributed by atoms with van der Waals surface area (Å²) in [7, 11) is 2.12. The van der Waals surface area contributed by atoms with E-state index in [1.807, 2.05) is 6.08 Å². The Bertz CT molecular complexity index is 347. The third-order valence-corrected chi connectivity index (χ3v) is 4.58. The SMILES string of the molecule is C=CCCCN(C)C(=NCC(C)N1CCN(CC)CC1)NCC. The van der Waals surface area contributed by atoms with Crippen LogP contribution in [0.25, 0.3) is 0 Å². The zero-order valence-electron chi connectivity index (χ0n) is 15.7. The van der Waals surface area contributed by atoms with Crippen molar-refractivity contribution in [3.05, 3.63) is 12.7 Å². The fourth-order valence-corrected chi connectivity index (χ4v) is 2.90. The largest absolute Gasteiger partial charge is 0.357 e. The van der Waals surface area contributed by atoms with Gasteiger partial charge in [-0.3, -0.25) is 9.89 Å². The summed E-state index contributed by atoms with van der Waals surface area (Å²) >= 11 is 0. The van der Waals surface area contributed by atoms with Gasteiger partial charge in [0.2, 0.25) is 0 Å². The average Bonchev–Trinajstić information content (AvgIpc) is 2.58. The molecule has 5 nitrogen and oxygen atoms in total. The Morgan fingerprint density at radius 2 is 2.00 bits per heavy atom. The molecule has 23 heavy (non-hydrogen) atoms. The topological polar surface area (TPSA) is 34.1 Å². The minimum Gasteiger partial charge on any atom is -0.357 e. The molecule has 1 unspecified atom stereocenters. The minimum atomic E-state index is 0.504. The number of nitrogens with zero attached hydrogens (tertiary/aromatic N) is 4. The highest BCUT2D eigenvalue weighted by Crippen LogP contribution is 2.06. The molecule has 1 N–H and O–H groups in total. The summed E-state index contributed by atoms with van der Waals surface area (Å²) in [6.07, 6.45) is 4.16. The van der Waals surface area contributed by atoms with Gasteiger partial charge in [0, 0.05) is 52.4 Å². The van der Waals surface area contributed by atoms with Gasteiger partial charge in [0.25, 0.3) is 0 Å². The van der Waals surface area contributed by atoms with Crippen LogP contribution in [0.1, 0.15) is 33.6 Å². The molecule has 1 atom stereocenters. The lowest BCUT2D eigenvalue weighted by Gasteiger charge is -2.37. The first-order chi connectivity index (χ1) is 11.1. The van der Waals surface area contributed by atoms with Crippen molar-refractivity contribution in [2.75, 3.05) is 59.4 Å². The van der Waals surface area contributed by atoms with Gasteiger partial charge >= 0.3 is 0 Å². The number of piperazine rings is 1. The maximum atomic E-state index is 4.86. The van der Waals surface area contributed by atoms with Gasteiger partial charge in [-0.2, -0.15) is 0 Å². The van der Waals surface area contributed by atoms with E-state index in [1.165, 1.54) is 19.6 Å². The number of unbranched alkanes of at least 4 members (excludes halogenated alkanes) is 1. The average molecular weight is 324 g/mol. The van der Waals surface area contributed by atoms with Crippen molar-refractivity contribution in [1.82, 2.24) is 20.0 Å². The molecule has 1 aliphatic rings. The van der Waals surface area contributed by atoms with Gasteiger partial charge in [-0.25, -0.2) is 0 Å². The van der Waals surface area contributed by atoms with E-state index in [4.69, 9.17) is 4.99 Å². The molecule has 0 bridgehead atoms. The van der Waals surface area contributed by atoms with E-state index in [1.54, 1.807) is 0 Å². The maximum Gasteiger partial charge on any atom is 0.193 e. The number of likely N-dealkylation sites (N-methyl/N-ethyl adjacent to an activating group) is 1. The van der Waals surface area contributed by atoms with Gasteiger partial charge in [0.05, 0.1) is 6.54 Å². The molecule has 1 saturated heterocycles. The third-order valence-electron chi connectivity index (χ3n) is 4.58. The number of hydrogen-bond donors (Lipinski definition) is 1. The lowest BCUT2D eigenvalue weighted by atomic mass is 10.2. The van der Waals surface area contributed by atoms with Crippen LogP contribution in [0.2, 0.25) is 0 Å². The van der Waals surface area contributed by atoms with Gasteiger partial charge in [0.1, 0.15) is 0 Å². The Kier molecular flexibility index (Phi) is 9.96. The molecule has 0 saturated carbocycles. The van der Waals surface area contributed by atoms with Crippen molar-refractivity contribution in [2.24, 2.45) is 4.99 Å². The summed E-state index contributed by atoms with van der Waals surface area (Å²) in [6, 6.07) is 0.504. The van der Waals surface area contributed by atoms with Gasteiger partial charge in [-0.05, 0) is 33.2 Å². The fourth-order valence-electron chi connectivity index (χ4n) is 2.90. The first kappa shape index (κ1) is 20.0. The van der Waals surface area contributed by atoms with Crippen LogP contribution >= 0.6 is 0 Å². The van der Waals surface area contributed by atoms with Crippen LogP contribution in [0.4, 0.5) is 0 Å². The molecule has 0 aromatic carbocycles. The molecule has 0 amide bonds. The Balaban J connectivity index is 2.47. The molecule has 1 rings (SSSR count). The molecule has 0 aromatic rings. The third kappa shape index (κ3) is 7.36.